The number of rotatable bonds is 3. The third-order valence-electron chi connectivity index (χ3n) is 4.54. The smallest absolute Gasteiger partial charge is 0.410 e. The second-order valence-corrected chi connectivity index (χ2v) is 8.94. The highest BCUT2D eigenvalue weighted by Gasteiger charge is 2.36. The van der Waals surface area contributed by atoms with E-state index in [2.05, 4.69) is 9.97 Å². The van der Waals surface area contributed by atoms with Gasteiger partial charge in [-0.05, 0) is 51.5 Å². The average molecular weight is 407 g/mol. The van der Waals surface area contributed by atoms with Crippen molar-refractivity contribution >= 4 is 33.6 Å². The minimum Gasteiger partial charge on any atom is -0.444 e. The summed E-state index contributed by atoms with van der Waals surface area (Å²) >= 11 is 1.33. The molecule has 3 heterocycles. The summed E-state index contributed by atoms with van der Waals surface area (Å²) in [6.45, 7) is 6.08. The molecule has 1 saturated heterocycles. The van der Waals surface area contributed by atoms with Crippen molar-refractivity contribution in [2.45, 2.75) is 58.2 Å². The van der Waals surface area contributed by atoms with Crippen LogP contribution in [0.2, 0.25) is 0 Å². The number of carbonyl (C=O) groups excluding carboxylic acids is 2. The van der Waals surface area contributed by atoms with E-state index < -0.39 is 17.7 Å². The summed E-state index contributed by atoms with van der Waals surface area (Å²) in [5, 5.41) is 1.81. The van der Waals surface area contributed by atoms with E-state index in [1.54, 1.807) is 33.9 Å². The summed E-state index contributed by atoms with van der Waals surface area (Å²) in [7, 11) is 1.65. The van der Waals surface area contributed by atoms with Crippen LogP contribution < -0.4 is 5.56 Å². The first-order valence-electron chi connectivity index (χ1n) is 9.37. The molecule has 2 aromatic heterocycles. The molecule has 0 bridgehead atoms. The fourth-order valence-electron chi connectivity index (χ4n) is 3.28. The van der Waals surface area contributed by atoms with Gasteiger partial charge in [0.05, 0.1) is 12.1 Å². The number of fused-ring (bicyclic) bond motifs is 1. The van der Waals surface area contributed by atoms with Crippen molar-refractivity contribution in [3.8, 4) is 0 Å². The normalized spacial score (nSPS) is 17.6. The number of hydrogen-bond donors (Lipinski definition) is 1. The Balaban J connectivity index is 1.74. The van der Waals surface area contributed by atoms with E-state index in [4.69, 9.17) is 4.74 Å². The number of hydrogen-bond acceptors (Lipinski definition) is 6. The molecular weight excluding hydrogens is 380 g/mol. The van der Waals surface area contributed by atoms with Crippen LogP contribution in [0.1, 0.15) is 45.9 Å². The van der Waals surface area contributed by atoms with Crippen molar-refractivity contribution in [2.75, 3.05) is 13.6 Å². The fraction of sp³-hybridized carbons (Fsp3) is 0.579. The zero-order chi connectivity index (χ0) is 20.5. The van der Waals surface area contributed by atoms with E-state index in [0.717, 1.165) is 12.8 Å². The molecule has 1 aliphatic rings. The molecule has 1 fully saturated rings. The molecule has 0 aromatic carbocycles. The summed E-state index contributed by atoms with van der Waals surface area (Å²) in [4.78, 5) is 47.9. The molecule has 0 radical (unpaired) electrons. The van der Waals surface area contributed by atoms with Crippen LogP contribution in [0.5, 0.6) is 0 Å². The first-order valence-corrected chi connectivity index (χ1v) is 10.2. The molecule has 3 rings (SSSR count). The van der Waals surface area contributed by atoms with Crippen molar-refractivity contribution < 1.29 is 14.3 Å². The molecule has 1 aliphatic heterocycles. The largest absolute Gasteiger partial charge is 0.444 e. The standard InChI is InChI=1S/C19H26N4O4S/c1-19(2,3)27-18(26)23-9-6-5-7-13(23)17(25)22(4)11-14-20-12-8-10-28-15(12)16(24)21-14/h8,10,13H,5-7,9,11H2,1-4H3,(H,20,21,24). The van der Waals surface area contributed by atoms with Crippen LogP contribution in [0.3, 0.4) is 0 Å². The number of H-pyrrole nitrogens is 1. The lowest BCUT2D eigenvalue weighted by Crippen LogP contribution is -2.53. The highest BCUT2D eigenvalue weighted by Crippen LogP contribution is 2.22. The van der Waals surface area contributed by atoms with Crippen LogP contribution in [0, 0.1) is 0 Å². The number of nitrogens with one attached hydrogen (secondary N) is 1. The van der Waals surface area contributed by atoms with Gasteiger partial charge in [-0.25, -0.2) is 9.78 Å². The Kier molecular flexibility index (Phi) is 5.74. The maximum atomic E-state index is 13.0. The van der Waals surface area contributed by atoms with E-state index in [-0.39, 0.29) is 18.0 Å². The molecule has 0 spiro atoms. The molecule has 1 unspecified atom stereocenters. The van der Waals surface area contributed by atoms with Crippen molar-refractivity contribution in [3.05, 3.63) is 27.6 Å². The maximum Gasteiger partial charge on any atom is 0.410 e. The first kappa shape index (κ1) is 20.3. The number of likely N-dealkylation sites (tertiary alicyclic amines) is 1. The van der Waals surface area contributed by atoms with Crippen molar-refractivity contribution in [3.63, 3.8) is 0 Å². The number of amides is 2. The van der Waals surface area contributed by atoms with E-state index >= 15 is 0 Å². The van der Waals surface area contributed by atoms with Gasteiger partial charge >= 0.3 is 6.09 Å². The third-order valence-corrected chi connectivity index (χ3v) is 5.45. The number of thiophene rings is 1. The van der Waals surface area contributed by atoms with Gasteiger partial charge in [0.25, 0.3) is 5.56 Å². The van der Waals surface area contributed by atoms with Crippen LogP contribution in [0.15, 0.2) is 16.2 Å². The number of aromatic amines is 1. The number of aromatic nitrogens is 2. The summed E-state index contributed by atoms with van der Waals surface area (Å²) in [6.07, 6.45) is 1.84. The van der Waals surface area contributed by atoms with Gasteiger partial charge in [0.15, 0.2) is 0 Å². The molecular formula is C19H26N4O4S. The number of ether oxygens (including phenoxy) is 1. The zero-order valence-electron chi connectivity index (χ0n) is 16.7. The van der Waals surface area contributed by atoms with Gasteiger partial charge in [-0.2, -0.15) is 0 Å². The fourth-order valence-corrected chi connectivity index (χ4v) is 4.01. The van der Waals surface area contributed by atoms with E-state index in [9.17, 15) is 14.4 Å². The highest BCUT2D eigenvalue weighted by atomic mass is 32.1. The van der Waals surface area contributed by atoms with Crippen LogP contribution in [-0.2, 0) is 16.1 Å². The van der Waals surface area contributed by atoms with Crippen LogP contribution in [0.4, 0.5) is 4.79 Å². The van der Waals surface area contributed by atoms with Crippen LogP contribution in [0.25, 0.3) is 10.2 Å². The molecule has 0 aliphatic carbocycles. The molecule has 0 saturated carbocycles. The molecule has 152 valence electrons. The monoisotopic (exact) mass is 406 g/mol. The average Bonchev–Trinajstić information content (AvgIpc) is 3.08. The Morgan fingerprint density at radius 3 is 2.86 bits per heavy atom. The molecule has 1 N–H and O–H groups in total. The SMILES string of the molecule is CN(Cc1nc2ccsc2c(=O)[nH]1)C(=O)C1CCCCN1C(=O)OC(C)(C)C. The number of piperidine rings is 1. The van der Waals surface area contributed by atoms with Gasteiger partial charge < -0.3 is 14.6 Å². The van der Waals surface area contributed by atoms with E-state index in [1.807, 2.05) is 5.38 Å². The lowest BCUT2D eigenvalue weighted by molar-refractivity contribution is -0.137. The van der Waals surface area contributed by atoms with E-state index in [1.165, 1.54) is 21.1 Å². The van der Waals surface area contributed by atoms with Gasteiger partial charge in [-0.15, -0.1) is 11.3 Å². The highest BCUT2D eigenvalue weighted by molar-refractivity contribution is 7.17. The Hall–Kier alpha value is -2.42. The summed E-state index contributed by atoms with van der Waals surface area (Å²) in [6, 6.07) is 1.22. The number of likely N-dealkylation sites (N-methyl/N-ethyl adjacent to an activating group) is 1. The van der Waals surface area contributed by atoms with Crippen LogP contribution in [-0.4, -0.2) is 57.0 Å². The van der Waals surface area contributed by atoms with Gasteiger partial charge in [-0.1, -0.05) is 0 Å². The van der Waals surface area contributed by atoms with Gasteiger partial charge in [0, 0.05) is 13.6 Å². The van der Waals surface area contributed by atoms with Crippen molar-refractivity contribution in [1.82, 2.24) is 19.8 Å². The molecule has 1 atom stereocenters. The third kappa shape index (κ3) is 4.52. The van der Waals surface area contributed by atoms with Crippen molar-refractivity contribution in [2.24, 2.45) is 0 Å². The summed E-state index contributed by atoms with van der Waals surface area (Å²) in [5.41, 5.74) is -0.200. The summed E-state index contributed by atoms with van der Waals surface area (Å²) < 4.78 is 6.04. The Morgan fingerprint density at radius 2 is 2.14 bits per heavy atom. The quantitative estimate of drug-likeness (QED) is 0.846. The Labute approximate surface area is 167 Å². The van der Waals surface area contributed by atoms with E-state index in [0.29, 0.717) is 29.0 Å². The number of carbonyl (C=O) groups is 2. The van der Waals surface area contributed by atoms with Crippen molar-refractivity contribution in [1.29, 1.82) is 0 Å². The molecule has 9 heteroatoms. The lowest BCUT2D eigenvalue weighted by Gasteiger charge is -2.37. The Bertz CT molecular complexity index is 930. The molecule has 28 heavy (non-hydrogen) atoms. The predicted octanol–water partition coefficient (Wildman–Crippen LogP) is 2.73. The first-order chi connectivity index (χ1) is 13.2. The second kappa shape index (κ2) is 7.90. The number of nitrogens with zero attached hydrogens (tertiary/aromatic N) is 3. The minimum atomic E-state index is -0.618. The molecule has 8 nitrogen and oxygen atoms in total. The zero-order valence-corrected chi connectivity index (χ0v) is 17.5. The van der Waals surface area contributed by atoms with Gasteiger partial charge in [0.2, 0.25) is 5.91 Å². The second-order valence-electron chi connectivity index (χ2n) is 8.03. The Morgan fingerprint density at radius 1 is 1.39 bits per heavy atom. The minimum absolute atomic E-state index is 0.165. The predicted molar refractivity (Wildman–Crippen MR) is 107 cm³/mol. The topological polar surface area (TPSA) is 95.6 Å². The molecule has 2 aromatic rings. The lowest BCUT2D eigenvalue weighted by atomic mass is 10.0. The van der Waals surface area contributed by atoms with Gasteiger partial charge in [-0.3, -0.25) is 14.5 Å². The maximum absolute atomic E-state index is 13.0. The van der Waals surface area contributed by atoms with Crippen LogP contribution >= 0.6 is 11.3 Å². The van der Waals surface area contributed by atoms with Gasteiger partial charge in [0.1, 0.15) is 22.2 Å². The summed E-state index contributed by atoms with van der Waals surface area (Å²) in [5.74, 6) is 0.241. The molecule has 2 amide bonds.